The number of nitrogens with zero attached hydrogens (tertiary/aromatic N) is 2. The van der Waals surface area contributed by atoms with E-state index in [-0.39, 0.29) is 30.7 Å². The van der Waals surface area contributed by atoms with Crippen molar-refractivity contribution in [2.45, 2.75) is 50.7 Å². The molecule has 8 heteroatoms. The molecule has 3 aliphatic rings. The quantitative estimate of drug-likeness (QED) is 0.667. The minimum atomic E-state index is -0.657. The molecule has 3 atom stereocenters. The van der Waals surface area contributed by atoms with Gasteiger partial charge in [-0.05, 0) is 26.2 Å². The van der Waals surface area contributed by atoms with Crippen molar-refractivity contribution in [3.63, 3.8) is 0 Å². The topological polar surface area (TPSA) is 98.8 Å². The maximum atomic E-state index is 12.4. The van der Waals surface area contributed by atoms with Gasteiger partial charge >= 0.3 is 6.03 Å². The third-order valence-electron chi connectivity index (χ3n) is 4.72. The molecule has 0 unspecified atom stereocenters. The second-order valence-electron chi connectivity index (χ2n) is 6.10. The number of nitrogens with one attached hydrogen (secondary N) is 2. The standard InChI is InChI=1S/C14H20N4O4/c1-8-13(21)17-6-2-3-9(17)7-18(8)11(19)5-4-10-12(20)16-14(22)15-10/h8-10H,2-7H2,1H3,(H2,15,16,20,22)/t8-,9+,10-/m0/s1. The molecule has 3 saturated heterocycles. The van der Waals surface area contributed by atoms with Crippen LogP contribution in [0.15, 0.2) is 0 Å². The molecule has 2 N–H and O–H groups in total. The van der Waals surface area contributed by atoms with Gasteiger partial charge in [0.05, 0.1) is 0 Å². The molecule has 0 aromatic rings. The first kappa shape index (κ1) is 14.8. The third-order valence-corrected chi connectivity index (χ3v) is 4.72. The largest absolute Gasteiger partial charge is 0.336 e. The maximum absolute atomic E-state index is 12.4. The maximum Gasteiger partial charge on any atom is 0.322 e. The number of piperazine rings is 1. The SMILES string of the molecule is C[C@H]1C(=O)N2CCC[C@@H]2CN1C(=O)CC[C@@H]1NC(=O)NC1=O. The molecule has 0 bridgehead atoms. The van der Waals surface area contributed by atoms with Gasteiger partial charge in [0, 0.05) is 25.6 Å². The van der Waals surface area contributed by atoms with E-state index < -0.39 is 24.0 Å². The molecule has 5 amide bonds. The van der Waals surface area contributed by atoms with Gasteiger partial charge in [-0.3, -0.25) is 19.7 Å². The van der Waals surface area contributed by atoms with Gasteiger partial charge in [0.25, 0.3) is 5.91 Å². The number of hydrogen-bond acceptors (Lipinski definition) is 4. The smallest absolute Gasteiger partial charge is 0.322 e. The van der Waals surface area contributed by atoms with E-state index in [1.54, 1.807) is 11.8 Å². The normalized spacial score (nSPS) is 31.1. The highest BCUT2D eigenvalue weighted by Crippen LogP contribution is 2.26. The summed E-state index contributed by atoms with van der Waals surface area (Å²) in [7, 11) is 0. The summed E-state index contributed by atoms with van der Waals surface area (Å²) < 4.78 is 0. The Labute approximate surface area is 128 Å². The van der Waals surface area contributed by atoms with E-state index in [1.807, 2.05) is 4.90 Å². The van der Waals surface area contributed by atoms with Gasteiger partial charge in [-0.15, -0.1) is 0 Å². The van der Waals surface area contributed by atoms with Crippen LogP contribution in [0.1, 0.15) is 32.6 Å². The molecule has 3 fully saturated rings. The summed E-state index contributed by atoms with van der Waals surface area (Å²) in [6.45, 7) is 3.10. The average Bonchev–Trinajstić information content (AvgIpc) is 3.06. The molecular weight excluding hydrogens is 288 g/mol. The highest BCUT2D eigenvalue weighted by Gasteiger charge is 2.42. The second kappa shape index (κ2) is 5.58. The molecule has 3 aliphatic heterocycles. The Morgan fingerprint density at radius 3 is 2.77 bits per heavy atom. The van der Waals surface area contributed by atoms with Gasteiger partial charge in [0.2, 0.25) is 11.8 Å². The van der Waals surface area contributed by atoms with Crippen LogP contribution in [0.4, 0.5) is 4.79 Å². The highest BCUT2D eigenvalue weighted by atomic mass is 16.2. The highest BCUT2D eigenvalue weighted by molar-refractivity contribution is 6.04. The molecular formula is C14H20N4O4. The lowest BCUT2D eigenvalue weighted by Gasteiger charge is -2.41. The first-order chi connectivity index (χ1) is 10.5. The monoisotopic (exact) mass is 308 g/mol. The fraction of sp³-hybridized carbons (Fsp3) is 0.714. The van der Waals surface area contributed by atoms with E-state index in [0.29, 0.717) is 6.54 Å². The molecule has 0 spiro atoms. The van der Waals surface area contributed by atoms with Crippen LogP contribution in [0, 0.1) is 0 Å². The lowest BCUT2D eigenvalue weighted by molar-refractivity contribution is -0.152. The molecule has 0 aromatic carbocycles. The fourth-order valence-corrected chi connectivity index (χ4v) is 3.47. The molecule has 0 aliphatic carbocycles. The predicted molar refractivity (Wildman–Crippen MR) is 75.6 cm³/mol. The summed E-state index contributed by atoms with van der Waals surface area (Å²) in [5, 5.41) is 4.61. The zero-order valence-electron chi connectivity index (χ0n) is 12.5. The number of carbonyl (C=O) groups excluding carboxylic acids is 4. The lowest BCUT2D eigenvalue weighted by atomic mass is 10.1. The zero-order valence-corrected chi connectivity index (χ0v) is 12.5. The Kier molecular flexibility index (Phi) is 3.76. The van der Waals surface area contributed by atoms with Gasteiger partial charge in [-0.2, -0.15) is 0 Å². The van der Waals surface area contributed by atoms with Crippen molar-refractivity contribution in [3.8, 4) is 0 Å². The van der Waals surface area contributed by atoms with Crippen molar-refractivity contribution in [2.75, 3.05) is 13.1 Å². The van der Waals surface area contributed by atoms with Crippen LogP contribution in [0.25, 0.3) is 0 Å². The van der Waals surface area contributed by atoms with Gasteiger partial charge in [-0.1, -0.05) is 0 Å². The first-order valence-corrected chi connectivity index (χ1v) is 7.68. The summed E-state index contributed by atoms with van der Waals surface area (Å²) in [5.74, 6) is -0.530. The fourth-order valence-electron chi connectivity index (χ4n) is 3.47. The molecule has 3 heterocycles. The van der Waals surface area contributed by atoms with Gasteiger partial charge < -0.3 is 15.1 Å². The van der Waals surface area contributed by atoms with E-state index in [2.05, 4.69) is 10.6 Å². The van der Waals surface area contributed by atoms with E-state index >= 15 is 0 Å². The van der Waals surface area contributed by atoms with Crippen LogP contribution in [-0.2, 0) is 14.4 Å². The van der Waals surface area contributed by atoms with Crippen LogP contribution in [-0.4, -0.2) is 64.8 Å². The van der Waals surface area contributed by atoms with Gasteiger partial charge in [0.15, 0.2) is 0 Å². The minimum Gasteiger partial charge on any atom is -0.336 e. The van der Waals surface area contributed by atoms with Crippen molar-refractivity contribution in [3.05, 3.63) is 0 Å². The number of fused-ring (bicyclic) bond motifs is 1. The molecule has 8 nitrogen and oxygen atoms in total. The molecule has 0 aromatic heterocycles. The van der Waals surface area contributed by atoms with Crippen molar-refractivity contribution >= 4 is 23.8 Å². The van der Waals surface area contributed by atoms with Crippen LogP contribution in [0.2, 0.25) is 0 Å². The summed E-state index contributed by atoms with van der Waals surface area (Å²) in [6.07, 6.45) is 2.31. The van der Waals surface area contributed by atoms with Gasteiger partial charge in [0.1, 0.15) is 12.1 Å². The van der Waals surface area contributed by atoms with Crippen molar-refractivity contribution in [1.29, 1.82) is 0 Å². The molecule has 22 heavy (non-hydrogen) atoms. The Bertz CT molecular complexity index is 535. The summed E-state index contributed by atoms with van der Waals surface area (Å²) in [5.41, 5.74) is 0. The zero-order chi connectivity index (χ0) is 15.9. The van der Waals surface area contributed by atoms with E-state index in [1.165, 1.54) is 0 Å². The van der Waals surface area contributed by atoms with Crippen molar-refractivity contribution in [2.24, 2.45) is 0 Å². The number of amides is 5. The summed E-state index contributed by atoms with van der Waals surface area (Å²) in [6, 6.07) is -1.50. The molecule has 0 saturated carbocycles. The number of imide groups is 1. The Balaban J connectivity index is 1.58. The minimum absolute atomic E-state index is 0.00834. The second-order valence-corrected chi connectivity index (χ2v) is 6.10. The third kappa shape index (κ3) is 2.53. The first-order valence-electron chi connectivity index (χ1n) is 7.68. The Morgan fingerprint density at radius 2 is 2.09 bits per heavy atom. The number of hydrogen-bond donors (Lipinski definition) is 2. The van der Waals surface area contributed by atoms with Gasteiger partial charge in [-0.25, -0.2) is 4.79 Å². The van der Waals surface area contributed by atoms with Crippen LogP contribution >= 0.6 is 0 Å². The number of carbonyl (C=O) groups is 4. The average molecular weight is 308 g/mol. The summed E-state index contributed by atoms with van der Waals surface area (Å²) >= 11 is 0. The van der Waals surface area contributed by atoms with Crippen molar-refractivity contribution in [1.82, 2.24) is 20.4 Å². The van der Waals surface area contributed by atoms with E-state index in [0.717, 1.165) is 19.4 Å². The summed E-state index contributed by atoms with van der Waals surface area (Å²) in [4.78, 5) is 50.7. The Morgan fingerprint density at radius 1 is 1.32 bits per heavy atom. The molecule has 3 rings (SSSR count). The van der Waals surface area contributed by atoms with E-state index in [9.17, 15) is 19.2 Å². The van der Waals surface area contributed by atoms with Crippen LogP contribution < -0.4 is 10.6 Å². The molecule has 120 valence electrons. The van der Waals surface area contributed by atoms with E-state index in [4.69, 9.17) is 0 Å². The number of rotatable bonds is 3. The Hall–Kier alpha value is -2.12. The van der Waals surface area contributed by atoms with Crippen LogP contribution in [0.3, 0.4) is 0 Å². The lowest BCUT2D eigenvalue weighted by Crippen LogP contribution is -2.60. The molecule has 0 radical (unpaired) electrons. The van der Waals surface area contributed by atoms with Crippen molar-refractivity contribution < 1.29 is 19.2 Å². The predicted octanol–water partition coefficient (Wildman–Crippen LogP) is -0.804. The van der Waals surface area contributed by atoms with Crippen LogP contribution in [0.5, 0.6) is 0 Å². The number of urea groups is 1.